The van der Waals surface area contributed by atoms with E-state index in [0.717, 1.165) is 30.6 Å². The molecule has 0 bridgehead atoms. The van der Waals surface area contributed by atoms with Crippen LogP contribution in [0.4, 0.5) is 0 Å². The van der Waals surface area contributed by atoms with Crippen LogP contribution in [0, 0.1) is 0 Å². The minimum atomic E-state index is -0.399. The summed E-state index contributed by atoms with van der Waals surface area (Å²) in [6, 6.07) is 14.2. The van der Waals surface area contributed by atoms with Gasteiger partial charge in [0, 0.05) is 5.56 Å². The molecule has 1 fully saturated rings. The van der Waals surface area contributed by atoms with Crippen LogP contribution in [0.2, 0.25) is 0 Å². The number of rotatable bonds is 8. The van der Waals surface area contributed by atoms with E-state index in [9.17, 15) is 4.79 Å². The van der Waals surface area contributed by atoms with Gasteiger partial charge in [-0.25, -0.2) is 4.79 Å². The quantitative estimate of drug-likeness (QED) is 0.395. The van der Waals surface area contributed by atoms with Gasteiger partial charge in [0.05, 0.1) is 25.4 Å². The van der Waals surface area contributed by atoms with E-state index in [-0.39, 0.29) is 6.29 Å². The maximum atomic E-state index is 12.3. The summed E-state index contributed by atoms with van der Waals surface area (Å²) in [5.41, 5.74) is 1.39. The van der Waals surface area contributed by atoms with Crippen molar-refractivity contribution in [1.82, 2.24) is 0 Å². The fourth-order valence-corrected chi connectivity index (χ4v) is 2.64. The summed E-state index contributed by atoms with van der Waals surface area (Å²) in [5.74, 6) is 0.846. The van der Waals surface area contributed by atoms with Crippen molar-refractivity contribution in [2.24, 2.45) is 0 Å². The molecule has 1 heterocycles. The first kappa shape index (κ1) is 18.4. The van der Waals surface area contributed by atoms with Gasteiger partial charge in [-0.3, -0.25) is 0 Å². The Morgan fingerprint density at radius 3 is 2.27 bits per heavy atom. The Morgan fingerprint density at radius 2 is 1.62 bits per heavy atom. The van der Waals surface area contributed by atoms with Crippen LogP contribution in [0.15, 0.2) is 48.5 Å². The first-order chi connectivity index (χ1) is 12.8. The second-order valence-corrected chi connectivity index (χ2v) is 6.11. The first-order valence-corrected chi connectivity index (χ1v) is 9.04. The Morgan fingerprint density at radius 1 is 0.962 bits per heavy atom. The molecule has 2 aromatic rings. The predicted molar refractivity (Wildman–Crippen MR) is 97.5 cm³/mol. The number of hydrogen-bond donors (Lipinski definition) is 0. The van der Waals surface area contributed by atoms with Crippen LogP contribution in [-0.2, 0) is 9.47 Å². The van der Waals surface area contributed by atoms with Gasteiger partial charge in [0.1, 0.15) is 11.5 Å². The van der Waals surface area contributed by atoms with Crippen LogP contribution in [0.1, 0.15) is 48.4 Å². The third-order valence-corrected chi connectivity index (χ3v) is 4.09. The van der Waals surface area contributed by atoms with Gasteiger partial charge in [-0.05, 0) is 42.8 Å². The summed E-state index contributed by atoms with van der Waals surface area (Å²) >= 11 is 0. The third-order valence-electron chi connectivity index (χ3n) is 4.09. The lowest BCUT2D eigenvalue weighted by Crippen LogP contribution is -2.08. The molecular formula is C21H24O5. The summed E-state index contributed by atoms with van der Waals surface area (Å²) < 4.78 is 21.9. The van der Waals surface area contributed by atoms with E-state index in [2.05, 4.69) is 6.92 Å². The number of benzene rings is 2. The van der Waals surface area contributed by atoms with Gasteiger partial charge in [-0.2, -0.15) is 0 Å². The van der Waals surface area contributed by atoms with Crippen molar-refractivity contribution in [3.05, 3.63) is 59.7 Å². The largest absolute Gasteiger partial charge is 0.494 e. The van der Waals surface area contributed by atoms with E-state index in [0.29, 0.717) is 31.1 Å². The zero-order chi connectivity index (χ0) is 18.2. The zero-order valence-corrected chi connectivity index (χ0v) is 15.0. The molecule has 5 heteroatoms. The topological polar surface area (TPSA) is 54.0 Å². The maximum absolute atomic E-state index is 12.3. The van der Waals surface area contributed by atoms with E-state index in [1.54, 1.807) is 36.4 Å². The van der Waals surface area contributed by atoms with Crippen LogP contribution >= 0.6 is 0 Å². The fourth-order valence-electron chi connectivity index (χ4n) is 2.64. The lowest BCUT2D eigenvalue weighted by Gasteiger charge is -2.10. The van der Waals surface area contributed by atoms with Crippen molar-refractivity contribution in [3.8, 4) is 11.5 Å². The number of hydrogen-bond acceptors (Lipinski definition) is 5. The smallest absolute Gasteiger partial charge is 0.343 e. The molecule has 0 aliphatic carbocycles. The minimum Gasteiger partial charge on any atom is -0.494 e. The maximum Gasteiger partial charge on any atom is 0.343 e. The highest BCUT2D eigenvalue weighted by Crippen LogP contribution is 2.25. The molecule has 1 saturated heterocycles. The highest BCUT2D eigenvalue weighted by Gasteiger charge is 2.18. The van der Waals surface area contributed by atoms with Crippen molar-refractivity contribution < 1.29 is 23.7 Å². The van der Waals surface area contributed by atoms with Crippen molar-refractivity contribution in [2.75, 3.05) is 19.8 Å². The molecule has 0 saturated carbocycles. The molecule has 2 aromatic carbocycles. The standard InChI is InChI=1S/C21H24O5/c1-2-3-4-13-23-18-9-5-16(6-10-18)20(22)26-19-11-7-17(8-12-19)21-24-14-15-25-21/h5-12,21H,2-4,13-15H2,1H3. The first-order valence-electron chi connectivity index (χ1n) is 9.04. The van der Waals surface area contributed by atoms with Gasteiger partial charge in [-0.1, -0.05) is 31.9 Å². The van der Waals surface area contributed by atoms with Crippen molar-refractivity contribution in [2.45, 2.75) is 32.5 Å². The molecule has 3 rings (SSSR count). The summed E-state index contributed by atoms with van der Waals surface area (Å²) in [6.07, 6.45) is 3.02. The van der Waals surface area contributed by atoms with Gasteiger partial charge in [-0.15, -0.1) is 0 Å². The van der Waals surface area contributed by atoms with E-state index in [1.165, 1.54) is 0 Å². The highest BCUT2D eigenvalue weighted by molar-refractivity contribution is 5.91. The number of carbonyl (C=O) groups excluding carboxylic acids is 1. The Balaban J connectivity index is 1.52. The van der Waals surface area contributed by atoms with Gasteiger partial charge in [0.2, 0.25) is 0 Å². The van der Waals surface area contributed by atoms with Gasteiger partial charge >= 0.3 is 5.97 Å². The summed E-state index contributed by atoms with van der Waals surface area (Å²) in [4.78, 5) is 12.3. The van der Waals surface area contributed by atoms with Crippen LogP contribution in [0.3, 0.4) is 0 Å². The average Bonchev–Trinajstić information content (AvgIpc) is 3.21. The number of esters is 1. The second kappa shape index (κ2) is 9.36. The summed E-state index contributed by atoms with van der Waals surface area (Å²) in [6.45, 7) is 4.04. The number of unbranched alkanes of at least 4 members (excludes halogenated alkanes) is 2. The number of carbonyl (C=O) groups is 1. The van der Waals surface area contributed by atoms with Crippen LogP contribution < -0.4 is 9.47 Å². The molecule has 0 atom stereocenters. The Bertz CT molecular complexity index is 687. The van der Waals surface area contributed by atoms with Crippen molar-refractivity contribution in [1.29, 1.82) is 0 Å². The van der Waals surface area contributed by atoms with Crippen molar-refractivity contribution >= 4 is 5.97 Å². The Kier molecular flexibility index (Phi) is 6.63. The minimum absolute atomic E-state index is 0.329. The number of ether oxygens (including phenoxy) is 4. The summed E-state index contributed by atoms with van der Waals surface area (Å²) in [7, 11) is 0. The highest BCUT2D eigenvalue weighted by atomic mass is 16.7. The molecule has 0 amide bonds. The molecule has 0 aromatic heterocycles. The molecule has 0 N–H and O–H groups in total. The molecular weight excluding hydrogens is 332 g/mol. The zero-order valence-electron chi connectivity index (χ0n) is 15.0. The van der Waals surface area contributed by atoms with Crippen LogP contribution in [0.25, 0.3) is 0 Å². The Hall–Kier alpha value is -2.37. The molecule has 138 valence electrons. The summed E-state index contributed by atoms with van der Waals surface area (Å²) in [5, 5.41) is 0. The SMILES string of the molecule is CCCCCOc1ccc(C(=O)Oc2ccc(C3OCCO3)cc2)cc1. The van der Waals surface area contributed by atoms with E-state index in [4.69, 9.17) is 18.9 Å². The van der Waals surface area contributed by atoms with Gasteiger partial charge < -0.3 is 18.9 Å². The molecule has 0 radical (unpaired) electrons. The normalized spacial score (nSPS) is 14.3. The van der Waals surface area contributed by atoms with Crippen LogP contribution in [-0.4, -0.2) is 25.8 Å². The molecule has 0 unspecified atom stereocenters. The van der Waals surface area contributed by atoms with E-state index in [1.807, 2.05) is 12.1 Å². The fraction of sp³-hybridized carbons (Fsp3) is 0.381. The second-order valence-electron chi connectivity index (χ2n) is 6.11. The molecule has 1 aliphatic heterocycles. The lowest BCUT2D eigenvalue weighted by atomic mass is 10.2. The predicted octanol–water partition coefficient (Wildman–Crippen LogP) is 4.52. The lowest BCUT2D eigenvalue weighted by molar-refractivity contribution is -0.0441. The third kappa shape index (κ3) is 5.07. The van der Waals surface area contributed by atoms with Crippen molar-refractivity contribution in [3.63, 3.8) is 0 Å². The molecule has 1 aliphatic rings. The van der Waals surface area contributed by atoms with Crippen LogP contribution in [0.5, 0.6) is 11.5 Å². The Labute approximate surface area is 153 Å². The van der Waals surface area contributed by atoms with Gasteiger partial charge in [0.15, 0.2) is 6.29 Å². The molecule has 5 nitrogen and oxygen atoms in total. The monoisotopic (exact) mass is 356 g/mol. The molecule has 0 spiro atoms. The average molecular weight is 356 g/mol. The van der Waals surface area contributed by atoms with E-state index < -0.39 is 5.97 Å². The molecule has 26 heavy (non-hydrogen) atoms. The van der Waals surface area contributed by atoms with Gasteiger partial charge in [0.25, 0.3) is 0 Å². The van der Waals surface area contributed by atoms with E-state index >= 15 is 0 Å².